The van der Waals surface area contributed by atoms with Crippen molar-refractivity contribution >= 4 is 23.5 Å². The molecule has 0 aromatic heterocycles. The number of carboxylic acid groups (broad SMARTS) is 1. The molecule has 2 atom stereocenters. The summed E-state index contributed by atoms with van der Waals surface area (Å²) in [7, 11) is 1.41. The highest BCUT2D eigenvalue weighted by Gasteiger charge is 2.28. The Bertz CT molecular complexity index is 404. The Morgan fingerprint density at radius 2 is 2.06 bits per heavy atom. The van der Waals surface area contributed by atoms with Crippen molar-refractivity contribution < 1.29 is 24.6 Å². The fourth-order valence-electron chi connectivity index (χ4n) is 1.45. The topological polar surface area (TPSA) is 119 Å². The number of nitrogens with zero attached hydrogens (tertiary/aromatic N) is 2. The number of hydrazone groups is 1. The lowest BCUT2D eigenvalue weighted by Crippen LogP contribution is -2.50. The number of rotatable bonds is 4. The highest BCUT2D eigenvalue weighted by molar-refractivity contribution is 6.39. The van der Waals surface area contributed by atoms with Gasteiger partial charge in [-0.25, -0.2) is 9.80 Å². The summed E-state index contributed by atoms with van der Waals surface area (Å²) in [4.78, 5) is 33.7. The van der Waals surface area contributed by atoms with E-state index in [9.17, 15) is 19.5 Å². The molecule has 0 aliphatic carbocycles. The fourth-order valence-corrected chi connectivity index (χ4v) is 1.45. The fraction of sp³-hybridized carbons (Fsp3) is 0.600. The van der Waals surface area contributed by atoms with Crippen LogP contribution in [0.1, 0.15) is 19.8 Å². The smallest absolute Gasteiger partial charge is 0.328 e. The van der Waals surface area contributed by atoms with Gasteiger partial charge in [-0.15, -0.1) is 0 Å². The third kappa shape index (κ3) is 3.27. The molecule has 18 heavy (non-hydrogen) atoms. The maximum Gasteiger partial charge on any atom is 0.328 e. The van der Waals surface area contributed by atoms with Crippen molar-refractivity contribution in [1.82, 2.24) is 10.3 Å². The second-order valence-electron chi connectivity index (χ2n) is 3.99. The Morgan fingerprint density at radius 1 is 1.44 bits per heavy atom. The molecule has 0 aromatic rings. The average molecular weight is 257 g/mol. The minimum absolute atomic E-state index is 0.0731. The van der Waals surface area contributed by atoms with Gasteiger partial charge in [0.15, 0.2) is 6.04 Å². The second-order valence-corrected chi connectivity index (χ2v) is 3.99. The summed E-state index contributed by atoms with van der Waals surface area (Å²) in [5, 5.41) is 25.0. The third-order valence-electron chi connectivity index (χ3n) is 2.50. The Balaban J connectivity index is 2.74. The number of carbonyl (C=O) groups is 3. The first-order chi connectivity index (χ1) is 8.32. The van der Waals surface area contributed by atoms with Crippen LogP contribution in [0.3, 0.4) is 0 Å². The number of carboxylic acids is 1. The summed E-state index contributed by atoms with van der Waals surface area (Å²) < 4.78 is 0. The summed E-state index contributed by atoms with van der Waals surface area (Å²) in [6.45, 7) is 1.26. The number of hydrogen-bond donors (Lipinski definition) is 3. The average Bonchev–Trinajstić information content (AvgIpc) is 2.28. The molecule has 0 saturated heterocycles. The SMILES string of the molecule is C[C@@H](O)[C@H](NC(=O)C1=NN(C)C(=O)CC1)C(=O)O. The van der Waals surface area contributed by atoms with Crippen molar-refractivity contribution in [2.24, 2.45) is 5.10 Å². The lowest BCUT2D eigenvalue weighted by molar-refractivity contribution is -0.144. The molecule has 3 N–H and O–H groups in total. The molecular weight excluding hydrogens is 242 g/mol. The third-order valence-corrected chi connectivity index (χ3v) is 2.50. The van der Waals surface area contributed by atoms with Gasteiger partial charge in [-0.05, 0) is 6.92 Å². The zero-order chi connectivity index (χ0) is 13.9. The molecule has 0 unspecified atom stereocenters. The normalized spacial score (nSPS) is 18.9. The van der Waals surface area contributed by atoms with Crippen LogP contribution in [-0.2, 0) is 14.4 Å². The van der Waals surface area contributed by atoms with Gasteiger partial charge in [-0.3, -0.25) is 9.59 Å². The number of carbonyl (C=O) groups excluding carboxylic acids is 2. The molecule has 0 saturated carbocycles. The summed E-state index contributed by atoms with van der Waals surface area (Å²) >= 11 is 0. The summed E-state index contributed by atoms with van der Waals surface area (Å²) in [6.07, 6.45) is -0.925. The number of aliphatic carboxylic acids is 1. The van der Waals surface area contributed by atoms with Crippen molar-refractivity contribution in [1.29, 1.82) is 0 Å². The van der Waals surface area contributed by atoms with Gasteiger partial charge >= 0.3 is 5.97 Å². The van der Waals surface area contributed by atoms with Crippen molar-refractivity contribution in [3.63, 3.8) is 0 Å². The molecule has 1 aliphatic rings. The Kier molecular flexibility index (Phi) is 4.38. The molecule has 0 radical (unpaired) electrons. The van der Waals surface area contributed by atoms with E-state index in [0.29, 0.717) is 0 Å². The van der Waals surface area contributed by atoms with E-state index < -0.39 is 24.0 Å². The molecule has 8 nitrogen and oxygen atoms in total. The molecule has 0 bridgehead atoms. The number of aliphatic hydroxyl groups excluding tert-OH is 1. The van der Waals surface area contributed by atoms with Crippen LogP contribution in [0.4, 0.5) is 0 Å². The first-order valence-corrected chi connectivity index (χ1v) is 5.38. The van der Waals surface area contributed by atoms with Gasteiger partial charge < -0.3 is 15.5 Å². The zero-order valence-electron chi connectivity index (χ0n) is 10.1. The van der Waals surface area contributed by atoms with Gasteiger partial charge in [0, 0.05) is 19.9 Å². The molecule has 8 heteroatoms. The van der Waals surface area contributed by atoms with Crippen molar-refractivity contribution in [2.75, 3.05) is 7.05 Å². The van der Waals surface area contributed by atoms with Crippen LogP contribution in [0.25, 0.3) is 0 Å². The van der Waals surface area contributed by atoms with E-state index in [-0.39, 0.29) is 24.5 Å². The van der Waals surface area contributed by atoms with Crippen molar-refractivity contribution in [2.45, 2.75) is 31.9 Å². The molecular formula is C10H15N3O5. The lowest BCUT2D eigenvalue weighted by atomic mass is 10.1. The molecule has 0 fully saturated rings. The second kappa shape index (κ2) is 5.58. The van der Waals surface area contributed by atoms with E-state index in [2.05, 4.69) is 10.4 Å². The first kappa shape index (κ1) is 14.1. The van der Waals surface area contributed by atoms with E-state index in [0.717, 1.165) is 5.01 Å². The number of amides is 2. The monoisotopic (exact) mass is 257 g/mol. The molecule has 1 aliphatic heterocycles. The van der Waals surface area contributed by atoms with Crippen LogP contribution in [-0.4, -0.2) is 57.9 Å². The van der Waals surface area contributed by atoms with Crippen molar-refractivity contribution in [3.8, 4) is 0 Å². The van der Waals surface area contributed by atoms with Crippen molar-refractivity contribution in [3.05, 3.63) is 0 Å². The Labute approximate surface area is 103 Å². The molecule has 0 aromatic carbocycles. The Morgan fingerprint density at radius 3 is 2.50 bits per heavy atom. The maximum atomic E-state index is 11.7. The minimum atomic E-state index is -1.40. The van der Waals surface area contributed by atoms with Crippen LogP contribution in [0.2, 0.25) is 0 Å². The van der Waals surface area contributed by atoms with E-state index in [4.69, 9.17) is 5.11 Å². The molecule has 100 valence electrons. The largest absolute Gasteiger partial charge is 0.480 e. The minimum Gasteiger partial charge on any atom is -0.480 e. The molecule has 0 spiro atoms. The number of aliphatic hydroxyl groups is 1. The predicted octanol–water partition coefficient (Wildman–Crippen LogP) is -1.46. The molecule has 1 heterocycles. The van der Waals surface area contributed by atoms with Crippen LogP contribution in [0.5, 0.6) is 0 Å². The Hall–Kier alpha value is -1.96. The van der Waals surface area contributed by atoms with Crippen LogP contribution >= 0.6 is 0 Å². The van der Waals surface area contributed by atoms with E-state index in [1.54, 1.807) is 0 Å². The summed E-state index contributed by atoms with van der Waals surface area (Å²) in [5.41, 5.74) is 0.0731. The highest BCUT2D eigenvalue weighted by Crippen LogP contribution is 2.07. The van der Waals surface area contributed by atoms with E-state index >= 15 is 0 Å². The maximum absolute atomic E-state index is 11.7. The van der Waals surface area contributed by atoms with Gasteiger partial charge in [-0.2, -0.15) is 5.10 Å². The van der Waals surface area contributed by atoms with Gasteiger partial charge in [0.25, 0.3) is 5.91 Å². The van der Waals surface area contributed by atoms with E-state index in [1.165, 1.54) is 14.0 Å². The van der Waals surface area contributed by atoms with E-state index in [1.807, 2.05) is 0 Å². The van der Waals surface area contributed by atoms with Gasteiger partial charge in [0.1, 0.15) is 5.71 Å². The molecule has 1 rings (SSSR count). The lowest BCUT2D eigenvalue weighted by Gasteiger charge is -2.21. The van der Waals surface area contributed by atoms with Gasteiger partial charge in [0.2, 0.25) is 5.91 Å². The van der Waals surface area contributed by atoms with Crippen LogP contribution in [0.15, 0.2) is 5.10 Å². The number of hydrogen-bond acceptors (Lipinski definition) is 5. The predicted molar refractivity (Wildman–Crippen MR) is 60.7 cm³/mol. The van der Waals surface area contributed by atoms with Gasteiger partial charge in [-0.1, -0.05) is 0 Å². The highest BCUT2D eigenvalue weighted by atomic mass is 16.4. The summed E-state index contributed by atoms with van der Waals surface area (Å²) in [6, 6.07) is -1.40. The van der Waals surface area contributed by atoms with Gasteiger partial charge in [0.05, 0.1) is 6.10 Å². The summed E-state index contributed by atoms with van der Waals surface area (Å²) in [5.74, 6) is -2.24. The first-order valence-electron chi connectivity index (χ1n) is 5.38. The molecule has 2 amide bonds. The number of nitrogens with one attached hydrogen (secondary N) is 1. The quantitative estimate of drug-likeness (QED) is 0.569. The zero-order valence-corrected chi connectivity index (χ0v) is 10.1. The van der Waals surface area contributed by atoms with Crippen LogP contribution in [0, 0.1) is 0 Å². The van der Waals surface area contributed by atoms with Crippen LogP contribution < -0.4 is 5.32 Å². The standard InChI is InChI=1S/C10H15N3O5/c1-5(14)8(10(17)18)11-9(16)6-3-4-7(15)13(2)12-6/h5,8,14H,3-4H2,1-2H3,(H,11,16)(H,17,18)/t5-,8+/m1/s1.